The highest BCUT2D eigenvalue weighted by molar-refractivity contribution is 5.35. The molecule has 0 N–H and O–H groups in total. The smallest absolute Gasteiger partial charge is 0.143 e. The number of aromatic nitrogens is 3. The van der Waals surface area contributed by atoms with Crippen LogP contribution < -0.4 is 0 Å². The molecule has 1 aliphatic carbocycles. The molecule has 0 unspecified atom stereocenters. The standard InChI is InChI=1S/C19H26FN3/c1-3-5-14-23-17(4-2)21-22-18(23)19(12-6-7-13-19)15-8-10-16(20)11-9-15/h8-11H,3-7,12-14H2,1-2H3. The Hall–Kier alpha value is -1.71. The van der Waals surface area contributed by atoms with Crippen LogP contribution in [0.2, 0.25) is 0 Å². The zero-order valence-corrected chi connectivity index (χ0v) is 14.2. The van der Waals surface area contributed by atoms with E-state index in [1.54, 1.807) is 12.1 Å². The van der Waals surface area contributed by atoms with E-state index in [4.69, 9.17) is 0 Å². The van der Waals surface area contributed by atoms with Crippen LogP contribution in [-0.2, 0) is 18.4 Å². The summed E-state index contributed by atoms with van der Waals surface area (Å²) in [5.41, 5.74) is 1.09. The molecule has 1 aromatic heterocycles. The van der Waals surface area contributed by atoms with Crippen LogP contribution in [0.3, 0.4) is 0 Å². The third-order valence-corrected chi connectivity index (χ3v) is 5.16. The van der Waals surface area contributed by atoms with Gasteiger partial charge in [-0.3, -0.25) is 0 Å². The average molecular weight is 315 g/mol. The molecule has 2 aromatic rings. The summed E-state index contributed by atoms with van der Waals surface area (Å²) in [5.74, 6) is 1.98. The summed E-state index contributed by atoms with van der Waals surface area (Å²) in [5, 5.41) is 9.07. The van der Waals surface area contributed by atoms with E-state index in [1.165, 1.54) is 18.4 Å². The summed E-state index contributed by atoms with van der Waals surface area (Å²) < 4.78 is 15.7. The van der Waals surface area contributed by atoms with Gasteiger partial charge in [-0.2, -0.15) is 0 Å². The van der Waals surface area contributed by atoms with Gasteiger partial charge in [0.2, 0.25) is 0 Å². The first-order valence-electron chi connectivity index (χ1n) is 8.90. The predicted octanol–water partition coefficient (Wildman–Crippen LogP) is 4.64. The van der Waals surface area contributed by atoms with Gasteiger partial charge in [-0.1, -0.05) is 45.2 Å². The molecule has 1 heterocycles. The molecule has 4 heteroatoms. The maximum atomic E-state index is 13.4. The van der Waals surface area contributed by atoms with Gasteiger partial charge in [-0.05, 0) is 37.0 Å². The van der Waals surface area contributed by atoms with Gasteiger partial charge >= 0.3 is 0 Å². The first-order valence-corrected chi connectivity index (χ1v) is 8.90. The third kappa shape index (κ3) is 2.91. The Kier molecular flexibility index (Phi) is 4.79. The molecule has 0 radical (unpaired) electrons. The Morgan fingerprint density at radius 3 is 2.39 bits per heavy atom. The molecule has 0 saturated heterocycles. The lowest BCUT2D eigenvalue weighted by Crippen LogP contribution is -2.29. The normalized spacial score (nSPS) is 16.8. The molecule has 0 bridgehead atoms. The van der Waals surface area contributed by atoms with E-state index in [9.17, 15) is 4.39 Å². The molecule has 1 aromatic carbocycles. The largest absolute Gasteiger partial charge is 0.314 e. The van der Waals surface area contributed by atoms with Crippen molar-refractivity contribution in [3.8, 4) is 0 Å². The molecular formula is C19H26FN3. The second kappa shape index (κ2) is 6.81. The van der Waals surface area contributed by atoms with Crippen LogP contribution in [0.25, 0.3) is 0 Å². The molecule has 0 atom stereocenters. The van der Waals surface area contributed by atoms with Crippen molar-refractivity contribution in [1.82, 2.24) is 14.8 Å². The number of hydrogen-bond acceptors (Lipinski definition) is 2. The number of rotatable bonds is 6. The Labute approximate surface area is 137 Å². The lowest BCUT2D eigenvalue weighted by atomic mass is 9.78. The van der Waals surface area contributed by atoms with Gasteiger partial charge in [0.05, 0.1) is 5.41 Å². The van der Waals surface area contributed by atoms with E-state index < -0.39 is 0 Å². The van der Waals surface area contributed by atoms with Crippen LogP contribution in [0.4, 0.5) is 4.39 Å². The Balaban J connectivity index is 2.08. The minimum Gasteiger partial charge on any atom is -0.314 e. The van der Waals surface area contributed by atoms with Crippen molar-refractivity contribution in [2.75, 3.05) is 0 Å². The maximum Gasteiger partial charge on any atom is 0.143 e. The lowest BCUT2D eigenvalue weighted by Gasteiger charge is -2.29. The molecule has 0 spiro atoms. The summed E-state index contributed by atoms with van der Waals surface area (Å²) in [7, 11) is 0. The van der Waals surface area contributed by atoms with Crippen LogP contribution in [0, 0.1) is 5.82 Å². The van der Waals surface area contributed by atoms with Crippen molar-refractivity contribution >= 4 is 0 Å². The highest BCUT2D eigenvalue weighted by Gasteiger charge is 2.41. The zero-order chi connectivity index (χ0) is 16.3. The minimum atomic E-state index is -0.177. The fourth-order valence-electron chi connectivity index (χ4n) is 3.89. The molecule has 0 aliphatic heterocycles. The van der Waals surface area contributed by atoms with Crippen molar-refractivity contribution in [3.05, 3.63) is 47.3 Å². The lowest BCUT2D eigenvalue weighted by molar-refractivity contribution is 0.452. The molecule has 1 fully saturated rings. The number of halogens is 1. The highest BCUT2D eigenvalue weighted by atomic mass is 19.1. The minimum absolute atomic E-state index is 0.0954. The molecule has 3 nitrogen and oxygen atoms in total. The highest BCUT2D eigenvalue weighted by Crippen LogP contribution is 2.45. The molecule has 1 saturated carbocycles. The quantitative estimate of drug-likeness (QED) is 0.777. The monoisotopic (exact) mass is 315 g/mol. The molecule has 124 valence electrons. The summed E-state index contributed by atoms with van der Waals surface area (Å²) in [6.07, 6.45) is 7.73. The van der Waals surface area contributed by atoms with Gasteiger partial charge in [0.15, 0.2) is 0 Å². The number of unbranched alkanes of at least 4 members (excludes halogenated alkanes) is 1. The predicted molar refractivity (Wildman–Crippen MR) is 90.0 cm³/mol. The fourth-order valence-corrected chi connectivity index (χ4v) is 3.89. The average Bonchev–Trinajstić information content (AvgIpc) is 3.20. The second-order valence-corrected chi connectivity index (χ2v) is 6.59. The van der Waals surface area contributed by atoms with Crippen molar-refractivity contribution < 1.29 is 4.39 Å². The van der Waals surface area contributed by atoms with Crippen molar-refractivity contribution in [2.45, 2.75) is 70.8 Å². The molecule has 3 rings (SSSR count). The molecule has 0 amide bonds. The number of nitrogens with zero attached hydrogens (tertiary/aromatic N) is 3. The van der Waals surface area contributed by atoms with E-state index in [0.29, 0.717) is 0 Å². The van der Waals surface area contributed by atoms with Crippen molar-refractivity contribution in [3.63, 3.8) is 0 Å². The Morgan fingerprint density at radius 1 is 1.09 bits per heavy atom. The molecular weight excluding hydrogens is 289 g/mol. The first kappa shape index (κ1) is 16.2. The van der Waals surface area contributed by atoms with Gasteiger partial charge in [0, 0.05) is 13.0 Å². The maximum absolute atomic E-state index is 13.4. The number of benzene rings is 1. The number of hydrogen-bond donors (Lipinski definition) is 0. The molecule has 1 aliphatic rings. The summed E-state index contributed by atoms with van der Waals surface area (Å²) in [6, 6.07) is 7.02. The van der Waals surface area contributed by atoms with Crippen molar-refractivity contribution in [1.29, 1.82) is 0 Å². The van der Waals surface area contributed by atoms with Crippen LogP contribution in [0.15, 0.2) is 24.3 Å². The topological polar surface area (TPSA) is 30.7 Å². The van der Waals surface area contributed by atoms with Crippen molar-refractivity contribution in [2.24, 2.45) is 0 Å². The third-order valence-electron chi connectivity index (χ3n) is 5.16. The Morgan fingerprint density at radius 2 is 1.78 bits per heavy atom. The SMILES string of the molecule is CCCCn1c(CC)nnc1C1(c2ccc(F)cc2)CCCC1. The zero-order valence-electron chi connectivity index (χ0n) is 14.2. The van der Waals surface area contributed by atoms with Gasteiger partial charge in [-0.25, -0.2) is 4.39 Å². The van der Waals surface area contributed by atoms with Gasteiger partial charge in [-0.15, -0.1) is 10.2 Å². The Bertz CT molecular complexity index is 639. The van der Waals surface area contributed by atoms with Crippen LogP contribution in [0.1, 0.15) is 69.6 Å². The van der Waals surface area contributed by atoms with E-state index in [0.717, 1.165) is 50.3 Å². The summed E-state index contributed by atoms with van der Waals surface area (Å²) >= 11 is 0. The second-order valence-electron chi connectivity index (χ2n) is 6.59. The van der Waals surface area contributed by atoms with Crippen LogP contribution in [0.5, 0.6) is 0 Å². The van der Waals surface area contributed by atoms with Crippen LogP contribution >= 0.6 is 0 Å². The summed E-state index contributed by atoms with van der Waals surface area (Å²) in [6.45, 7) is 5.32. The van der Waals surface area contributed by atoms with E-state index in [1.807, 2.05) is 12.1 Å². The molecule has 23 heavy (non-hydrogen) atoms. The fraction of sp³-hybridized carbons (Fsp3) is 0.579. The first-order chi connectivity index (χ1) is 11.2. The summed E-state index contributed by atoms with van der Waals surface area (Å²) in [4.78, 5) is 0. The van der Waals surface area contributed by atoms with E-state index >= 15 is 0 Å². The van der Waals surface area contributed by atoms with Gasteiger partial charge in [0.25, 0.3) is 0 Å². The van der Waals surface area contributed by atoms with E-state index in [2.05, 4.69) is 28.6 Å². The van der Waals surface area contributed by atoms with Gasteiger partial charge < -0.3 is 4.57 Å². The number of aryl methyl sites for hydroxylation is 1. The van der Waals surface area contributed by atoms with E-state index in [-0.39, 0.29) is 11.2 Å². The van der Waals surface area contributed by atoms with Gasteiger partial charge in [0.1, 0.15) is 17.5 Å². The van der Waals surface area contributed by atoms with Crippen LogP contribution in [-0.4, -0.2) is 14.8 Å².